The zero-order valence-corrected chi connectivity index (χ0v) is 16.6. The number of morpholine rings is 1. The topological polar surface area (TPSA) is 114 Å². The molecule has 4 N–H and O–H groups in total. The van der Waals surface area contributed by atoms with Gasteiger partial charge in [0.1, 0.15) is 17.7 Å². The molecule has 1 saturated heterocycles. The minimum absolute atomic E-state index is 0.102. The average Bonchev–Trinajstić information content (AvgIpc) is 2.80. The van der Waals surface area contributed by atoms with Crippen LogP contribution in [0.2, 0.25) is 0 Å². The summed E-state index contributed by atoms with van der Waals surface area (Å²) in [5, 5.41) is 17.6. The monoisotopic (exact) mass is 423 g/mol. The van der Waals surface area contributed by atoms with Gasteiger partial charge in [-0.3, -0.25) is 9.69 Å². The van der Waals surface area contributed by atoms with Crippen molar-refractivity contribution in [1.29, 1.82) is 5.53 Å². The number of halogens is 1. The van der Waals surface area contributed by atoms with E-state index in [0.29, 0.717) is 37.5 Å². The molecule has 0 amide bonds. The number of anilines is 1. The van der Waals surface area contributed by atoms with Gasteiger partial charge in [-0.1, -0.05) is 24.3 Å². The van der Waals surface area contributed by atoms with Gasteiger partial charge in [0.25, 0.3) is 5.56 Å². The number of aromatic nitrogens is 1. The maximum atomic E-state index is 14.6. The van der Waals surface area contributed by atoms with Crippen LogP contribution in [0.25, 0.3) is 16.6 Å². The molecule has 0 radical (unpaired) electrons. The van der Waals surface area contributed by atoms with Crippen molar-refractivity contribution >= 4 is 22.3 Å². The molecule has 3 aromatic rings. The van der Waals surface area contributed by atoms with Gasteiger partial charge in [-0.25, -0.2) is 9.92 Å². The van der Waals surface area contributed by atoms with Gasteiger partial charge in [-0.05, 0) is 29.7 Å². The number of para-hydroxylation sites is 1. The molecule has 1 aliphatic heterocycles. The SMILES string of the molecule is N=N/C(=C\Nc1ccc(C(O)N2CCOCC2)c(F)c1)c1cc2ccccc2[nH]c1=O. The number of pyridine rings is 1. The Kier molecular flexibility index (Phi) is 6.17. The van der Waals surface area contributed by atoms with Crippen molar-refractivity contribution < 1.29 is 14.2 Å². The van der Waals surface area contributed by atoms with Gasteiger partial charge < -0.3 is 20.1 Å². The molecule has 2 aromatic carbocycles. The van der Waals surface area contributed by atoms with Gasteiger partial charge in [0.2, 0.25) is 0 Å². The van der Waals surface area contributed by atoms with E-state index in [9.17, 15) is 14.3 Å². The molecule has 9 heteroatoms. The maximum absolute atomic E-state index is 14.6. The molecule has 1 aliphatic rings. The van der Waals surface area contributed by atoms with Crippen LogP contribution in [-0.4, -0.2) is 41.3 Å². The fraction of sp³-hybridized carbons (Fsp3) is 0.227. The lowest BCUT2D eigenvalue weighted by atomic mass is 10.1. The van der Waals surface area contributed by atoms with Gasteiger partial charge in [-0.2, -0.15) is 5.11 Å². The lowest BCUT2D eigenvalue weighted by Crippen LogP contribution is -2.39. The molecule has 4 rings (SSSR count). The number of aromatic amines is 1. The fourth-order valence-corrected chi connectivity index (χ4v) is 3.50. The minimum Gasteiger partial charge on any atom is -0.379 e. The van der Waals surface area contributed by atoms with E-state index in [1.807, 2.05) is 18.2 Å². The number of H-pyrrole nitrogens is 1. The standard InChI is InChI=1S/C22H22FN5O3/c23-18-12-15(5-6-16(18)22(30)28-7-9-31-10-8-28)25-13-20(27-24)17-11-14-3-1-2-4-19(14)26-21(17)29/h1-6,11-13,22,24-25,30H,7-10H2,(H,26,29)/b20-13-,27-24?. The predicted molar refractivity (Wildman–Crippen MR) is 115 cm³/mol. The molecule has 0 aliphatic carbocycles. The van der Waals surface area contributed by atoms with E-state index in [2.05, 4.69) is 15.4 Å². The first-order chi connectivity index (χ1) is 15.1. The predicted octanol–water partition coefficient (Wildman–Crippen LogP) is 3.43. The molecule has 1 fully saturated rings. The number of fused-ring (bicyclic) bond motifs is 1. The Labute approximate surface area is 177 Å². The number of hydrogen-bond acceptors (Lipinski definition) is 7. The van der Waals surface area contributed by atoms with E-state index >= 15 is 0 Å². The summed E-state index contributed by atoms with van der Waals surface area (Å²) in [7, 11) is 0. The molecule has 1 aromatic heterocycles. The summed E-state index contributed by atoms with van der Waals surface area (Å²) in [6.45, 7) is 2.04. The molecular formula is C22H22FN5O3. The van der Waals surface area contributed by atoms with Crippen LogP contribution in [0.1, 0.15) is 17.4 Å². The number of aliphatic hydroxyl groups is 1. The van der Waals surface area contributed by atoms with Crippen molar-refractivity contribution in [1.82, 2.24) is 9.88 Å². The van der Waals surface area contributed by atoms with Crippen molar-refractivity contribution in [2.45, 2.75) is 6.23 Å². The molecular weight excluding hydrogens is 401 g/mol. The summed E-state index contributed by atoms with van der Waals surface area (Å²) in [4.78, 5) is 16.9. The van der Waals surface area contributed by atoms with Crippen molar-refractivity contribution in [2.75, 3.05) is 31.6 Å². The van der Waals surface area contributed by atoms with E-state index in [0.717, 1.165) is 5.39 Å². The van der Waals surface area contributed by atoms with Crippen LogP contribution < -0.4 is 10.9 Å². The highest BCUT2D eigenvalue weighted by Crippen LogP contribution is 2.25. The number of hydrogen-bond donors (Lipinski definition) is 4. The lowest BCUT2D eigenvalue weighted by molar-refractivity contribution is -0.0617. The zero-order chi connectivity index (χ0) is 21.8. The van der Waals surface area contributed by atoms with Crippen molar-refractivity contribution in [3.8, 4) is 0 Å². The Balaban J connectivity index is 1.55. The van der Waals surface area contributed by atoms with E-state index < -0.39 is 12.0 Å². The highest BCUT2D eigenvalue weighted by molar-refractivity contribution is 5.82. The Bertz CT molecular complexity index is 1190. The molecule has 8 nitrogen and oxygen atoms in total. The molecule has 1 atom stereocenters. The first-order valence-corrected chi connectivity index (χ1v) is 9.83. The summed E-state index contributed by atoms with van der Waals surface area (Å²) in [6, 6.07) is 13.3. The summed E-state index contributed by atoms with van der Waals surface area (Å²) in [5.41, 5.74) is 8.66. The number of ether oxygens (including phenoxy) is 1. The van der Waals surface area contributed by atoms with Crippen LogP contribution in [0, 0.1) is 11.3 Å². The normalized spacial score (nSPS) is 16.3. The van der Waals surface area contributed by atoms with Crippen LogP contribution in [0.3, 0.4) is 0 Å². The summed E-state index contributed by atoms with van der Waals surface area (Å²) < 4.78 is 19.9. The van der Waals surface area contributed by atoms with Crippen LogP contribution in [0.15, 0.2) is 64.6 Å². The second-order valence-electron chi connectivity index (χ2n) is 7.14. The van der Waals surface area contributed by atoms with Gasteiger partial charge >= 0.3 is 0 Å². The lowest BCUT2D eigenvalue weighted by Gasteiger charge is -2.31. The van der Waals surface area contributed by atoms with Crippen LogP contribution in [-0.2, 0) is 4.74 Å². The maximum Gasteiger partial charge on any atom is 0.258 e. The van der Waals surface area contributed by atoms with Crippen LogP contribution >= 0.6 is 0 Å². The second kappa shape index (κ2) is 9.17. The molecule has 0 spiro atoms. The molecule has 2 heterocycles. The first kappa shape index (κ1) is 20.9. The van der Waals surface area contributed by atoms with Crippen molar-refractivity contribution in [3.63, 3.8) is 0 Å². The third-order valence-electron chi connectivity index (χ3n) is 5.20. The third-order valence-corrected chi connectivity index (χ3v) is 5.20. The number of nitrogens with zero attached hydrogens (tertiary/aromatic N) is 2. The van der Waals surface area contributed by atoms with E-state index in [-0.39, 0.29) is 22.4 Å². The fourth-order valence-electron chi connectivity index (χ4n) is 3.50. The molecule has 160 valence electrons. The molecule has 0 saturated carbocycles. The van der Waals surface area contributed by atoms with E-state index in [4.69, 9.17) is 10.3 Å². The van der Waals surface area contributed by atoms with Crippen molar-refractivity contribution in [3.05, 3.63) is 82.0 Å². The van der Waals surface area contributed by atoms with Crippen molar-refractivity contribution in [2.24, 2.45) is 5.11 Å². The highest BCUT2D eigenvalue weighted by Gasteiger charge is 2.22. The van der Waals surface area contributed by atoms with Gasteiger partial charge in [0, 0.05) is 36.1 Å². The van der Waals surface area contributed by atoms with Crippen LogP contribution in [0.4, 0.5) is 10.1 Å². The second-order valence-corrected chi connectivity index (χ2v) is 7.14. The van der Waals surface area contributed by atoms with Gasteiger partial charge in [0.05, 0.1) is 18.8 Å². The largest absolute Gasteiger partial charge is 0.379 e. The van der Waals surface area contributed by atoms with Gasteiger partial charge in [0.15, 0.2) is 0 Å². The Morgan fingerprint density at radius 1 is 1.26 bits per heavy atom. The first-order valence-electron chi connectivity index (χ1n) is 9.83. The summed E-state index contributed by atoms with van der Waals surface area (Å²) >= 11 is 0. The Hall–Kier alpha value is -3.40. The quantitative estimate of drug-likeness (QED) is 0.454. The van der Waals surface area contributed by atoms with Crippen LogP contribution in [0.5, 0.6) is 0 Å². The Morgan fingerprint density at radius 2 is 2.03 bits per heavy atom. The molecule has 0 bridgehead atoms. The van der Waals surface area contributed by atoms with E-state index in [1.54, 1.807) is 23.1 Å². The minimum atomic E-state index is -1.05. The average molecular weight is 423 g/mol. The van der Waals surface area contributed by atoms with Gasteiger partial charge in [-0.15, -0.1) is 0 Å². The summed E-state index contributed by atoms with van der Waals surface area (Å²) in [6.07, 6.45) is 0.322. The van der Waals surface area contributed by atoms with E-state index in [1.165, 1.54) is 18.3 Å². The zero-order valence-electron chi connectivity index (χ0n) is 16.6. The smallest absolute Gasteiger partial charge is 0.258 e. The highest BCUT2D eigenvalue weighted by atomic mass is 19.1. The number of nitrogens with one attached hydrogen (secondary N) is 3. The third kappa shape index (κ3) is 4.53. The number of benzene rings is 2. The summed E-state index contributed by atoms with van der Waals surface area (Å²) in [5.74, 6) is -0.565. The molecule has 1 unspecified atom stereocenters. The number of aliphatic hydroxyl groups excluding tert-OH is 1. The molecule has 31 heavy (non-hydrogen) atoms. The Morgan fingerprint density at radius 3 is 2.77 bits per heavy atom. The number of rotatable bonds is 6.